The Morgan fingerprint density at radius 1 is 1.62 bits per heavy atom. The topological polar surface area (TPSA) is 54.7 Å². The van der Waals surface area contributed by atoms with Crippen LogP contribution < -0.4 is 5.73 Å². The van der Waals surface area contributed by atoms with Gasteiger partial charge in [0, 0.05) is 11.6 Å². The summed E-state index contributed by atoms with van der Waals surface area (Å²) in [7, 11) is 0. The molecule has 2 rings (SSSR count). The number of nitrogens with one attached hydrogen (secondary N) is 1. The highest BCUT2D eigenvalue weighted by atomic mass is 15.1. The van der Waals surface area contributed by atoms with E-state index in [0.717, 1.165) is 12.2 Å². The van der Waals surface area contributed by atoms with Gasteiger partial charge in [-0.3, -0.25) is 5.10 Å². The maximum atomic E-state index is 5.71. The number of hydrogen-bond acceptors (Lipinski definition) is 2. The predicted molar refractivity (Wildman–Crippen MR) is 52.4 cm³/mol. The summed E-state index contributed by atoms with van der Waals surface area (Å²) in [5.74, 6) is 1.16. The molecular weight excluding hydrogens is 162 g/mol. The number of aromatic nitrogens is 2. The average Bonchev–Trinajstić information content (AvgIpc) is 2.41. The van der Waals surface area contributed by atoms with Crippen LogP contribution in [0.1, 0.15) is 31.2 Å². The van der Waals surface area contributed by atoms with Gasteiger partial charge in [0.2, 0.25) is 0 Å². The van der Waals surface area contributed by atoms with E-state index in [9.17, 15) is 0 Å². The van der Waals surface area contributed by atoms with Crippen LogP contribution in [0, 0.1) is 18.3 Å². The quantitative estimate of drug-likeness (QED) is 0.721. The molecule has 1 fully saturated rings. The van der Waals surface area contributed by atoms with Crippen molar-refractivity contribution in [2.45, 2.75) is 26.7 Å². The normalized spacial score (nSPS) is 30.5. The molecule has 0 bridgehead atoms. The Bertz CT molecular complexity index is 314. The van der Waals surface area contributed by atoms with Gasteiger partial charge in [0.05, 0.1) is 5.69 Å². The highest BCUT2D eigenvalue weighted by molar-refractivity contribution is 5.26. The molecule has 13 heavy (non-hydrogen) atoms. The first-order valence-electron chi connectivity index (χ1n) is 4.79. The summed E-state index contributed by atoms with van der Waals surface area (Å²) in [6, 6.07) is 2.13. The van der Waals surface area contributed by atoms with Crippen LogP contribution in [0.5, 0.6) is 0 Å². The molecule has 2 unspecified atom stereocenters. The Morgan fingerprint density at radius 3 is 2.69 bits per heavy atom. The second-order valence-electron chi connectivity index (χ2n) is 4.62. The largest absolute Gasteiger partial charge is 0.330 e. The van der Waals surface area contributed by atoms with E-state index in [1.54, 1.807) is 0 Å². The number of aryl methyl sites for hydroxylation is 1. The van der Waals surface area contributed by atoms with Crippen molar-refractivity contribution < 1.29 is 0 Å². The van der Waals surface area contributed by atoms with Gasteiger partial charge in [-0.1, -0.05) is 13.8 Å². The molecule has 1 aromatic heterocycles. The monoisotopic (exact) mass is 179 g/mol. The summed E-state index contributed by atoms with van der Waals surface area (Å²) < 4.78 is 0. The summed E-state index contributed by atoms with van der Waals surface area (Å²) >= 11 is 0. The van der Waals surface area contributed by atoms with E-state index in [1.165, 1.54) is 5.69 Å². The van der Waals surface area contributed by atoms with E-state index < -0.39 is 0 Å². The third-order valence-corrected chi connectivity index (χ3v) is 3.35. The molecule has 0 radical (unpaired) electrons. The molecule has 1 saturated carbocycles. The highest BCUT2D eigenvalue weighted by Crippen LogP contribution is 2.63. The van der Waals surface area contributed by atoms with Gasteiger partial charge in [-0.2, -0.15) is 5.10 Å². The molecule has 1 aromatic rings. The van der Waals surface area contributed by atoms with E-state index in [1.807, 2.05) is 6.92 Å². The first-order valence-corrected chi connectivity index (χ1v) is 4.79. The third-order valence-electron chi connectivity index (χ3n) is 3.35. The van der Waals surface area contributed by atoms with Gasteiger partial charge < -0.3 is 5.73 Å². The Hall–Kier alpha value is -0.830. The molecular formula is C10H17N3. The third kappa shape index (κ3) is 1.18. The molecule has 0 aliphatic heterocycles. The summed E-state index contributed by atoms with van der Waals surface area (Å²) in [6.45, 7) is 7.32. The van der Waals surface area contributed by atoms with Crippen LogP contribution >= 0.6 is 0 Å². The molecule has 0 aromatic carbocycles. The minimum absolute atomic E-state index is 0.344. The van der Waals surface area contributed by atoms with Crippen LogP contribution in [0.2, 0.25) is 0 Å². The molecule has 0 spiro atoms. The van der Waals surface area contributed by atoms with Crippen LogP contribution in [0.25, 0.3) is 0 Å². The minimum atomic E-state index is 0.344. The van der Waals surface area contributed by atoms with Gasteiger partial charge in [0.25, 0.3) is 0 Å². The SMILES string of the molecule is Cc1cc(C2C(CN)C2(C)C)n[nH]1. The zero-order valence-electron chi connectivity index (χ0n) is 8.46. The molecule has 72 valence electrons. The second-order valence-corrected chi connectivity index (χ2v) is 4.62. The lowest BCUT2D eigenvalue weighted by molar-refractivity contribution is 0.557. The van der Waals surface area contributed by atoms with Crippen molar-refractivity contribution in [1.82, 2.24) is 10.2 Å². The molecule has 1 aliphatic rings. The second kappa shape index (κ2) is 2.58. The van der Waals surface area contributed by atoms with Gasteiger partial charge >= 0.3 is 0 Å². The molecule has 3 heteroatoms. The number of rotatable bonds is 2. The number of aromatic amines is 1. The molecule has 1 aliphatic carbocycles. The summed E-state index contributed by atoms with van der Waals surface area (Å²) in [5.41, 5.74) is 8.36. The van der Waals surface area contributed by atoms with Crippen molar-refractivity contribution in [3.8, 4) is 0 Å². The van der Waals surface area contributed by atoms with E-state index in [4.69, 9.17) is 5.73 Å². The zero-order valence-corrected chi connectivity index (χ0v) is 8.46. The maximum absolute atomic E-state index is 5.71. The highest BCUT2D eigenvalue weighted by Gasteiger charge is 2.58. The zero-order chi connectivity index (χ0) is 9.64. The van der Waals surface area contributed by atoms with Crippen molar-refractivity contribution in [2.75, 3.05) is 6.54 Å². The fourth-order valence-corrected chi connectivity index (χ4v) is 2.37. The van der Waals surface area contributed by atoms with E-state index in [2.05, 4.69) is 30.1 Å². The smallest absolute Gasteiger partial charge is 0.0664 e. The molecule has 2 atom stereocenters. The fourth-order valence-electron chi connectivity index (χ4n) is 2.37. The summed E-state index contributed by atoms with van der Waals surface area (Å²) in [6.07, 6.45) is 0. The lowest BCUT2D eigenvalue weighted by Gasteiger charge is -1.98. The van der Waals surface area contributed by atoms with E-state index in [0.29, 0.717) is 17.3 Å². The Kier molecular flexibility index (Phi) is 1.74. The number of nitrogens with two attached hydrogens (primary N) is 1. The number of hydrogen-bond donors (Lipinski definition) is 2. The van der Waals surface area contributed by atoms with Crippen LogP contribution in [0.4, 0.5) is 0 Å². The number of H-pyrrole nitrogens is 1. The van der Waals surface area contributed by atoms with Crippen molar-refractivity contribution in [1.29, 1.82) is 0 Å². The van der Waals surface area contributed by atoms with Gasteiger partial charge in [-0.05, 0) is 30.9 Å². The van der Waals surface area contributed by atoms with Crippen LogP contribution in [0.3, 0.4) is 0 Å². The van der Waals surface area contributed by atoms with E-state index >= 15 is 0 Å². The molecule has 0 saturated heterocycles. The van der Waals surface area contributed by atoms with Crippen molar-refractivity contribution in [3.63, 3.8) is 0 Å². The van der Waals surface area contributed by atoms with E-state index in [-0.39, 0.29) is 0 Å². The van der Waals surface area contributed by atoms with Gasteiger partial charge in [-0.25, -0.2) is 0 Å². The van der Waals surface area contributed by atoms with Gasteiger partial charge in [0.15, 0.2) is 0 Å². The van der Waals surface area contributed by atoms with Crippen LogP contribution in [-0.4, -0.2) is 16.7 Å². The number of nitrogens with zero attached hydrogens (tertiary/aromatic N) is 1. The molecule has 3 nitrogen and oxygen atoms in total. The lowest BCUT2D eigenvalue weighted by Crippen LogP contribution is -2.05. The predicted octanol–water partition coefficient (Wildman–Crippen LogP) is 1.42. The van der Waals surface area contributed by atoms with Crippen LogP contribution in [0.15, 0.2) is 6.07 Å². The molecule has 0 amide bonds. The van der Waals surface area contributed by atoms with Gasteiger partial charge in [0.1, 0.15) is 0 Å². The lowest BCUT2D eigenvalue weighted by atomic mass is 10.1. The van der Waals surface area contributed by atoms with Crippen LogP contribution in [-0.2, 0) is 0 Å². The van der Waals surface area contributed by atoms with Crippen molar-refractivity contribution in [2.24, 2.45) is 17.1 Å². The standard InChI is InChI=1S/C10H17N3/c1-6-4-8(13-12-6)9-7(5-11)10(9,2)3/h4,7,9H,5,11H2,1-3H3,(H,12,13). The summed E-state index contributed by atoms with van der Waals surface area (Å²) in [5, 5.41) is 7.27. The molecule has 3 N–H and O–H groups in total. The maximum Gasteiger partial charge on any atom is 0.0664 e. The minimum Gasteiger partial charge on any atom is -0.330 e. The average molecular weight is 179 g/mol. The van der Waals surface area contributed by atoms with Gasteiger partial charge in [-0.15, -0.1) is 0 Å². The first-order chi connectivity index (χ1) is 6.07. The Labute approximate surface area is 78.7 Å². The van der Waals surface area contributed by atoms with Crippen molar-refractivity contribution >= 4 is 0 Å². The fraction of sp³-hybridized carbons (Fsp3) is 0.700. The van der Waals surface area contributed by atoms with Crippen molar-refractivity contribution in [3.05, 3.63) is 17.5 Å². The Morgan fingerprint density at radius 2 is 2.31 bits per heavy atom. The first kappa shape index (κ1) is 8.75. The Balaban J connectivity index is 2.21. The molecule has 1 heterocycles. The summed E-state index contributed by atoms with van der Waals surface area (Å²) in [4.78, 5) is 0.